The van der Waals surface area contributed by atoms with Gasteiger partial charge in [-0.1, -0.05) is 0 Å². The van der Waals surface area contributed by atoms with Crippen molar-refractivity contribution in [2.45, 2.75) is 32.4 Å². The Morgan fingerprint density at radius 2 is 2.33 bits per heavy atom. The van der Waals surface area contributed by atoms with Crippen molar-refractivity contribution in [2.24, 2.45) is 0 Å². The third-order valence-corrected chi connectivity index (χ3v) is 2.97. The lowest BCUT2D eigenvalue weighted by Gasteiger charge is -2.16. The van der Waals surface area contributed by atoms with Crippen LogP contribution < -0.4 is 5.32 Å². The molecule has 1 aromatic rings. The quantitative estimate of drug-likeness (QED) is 0.833. The highest BCUT2D eigenvalue weighted by Gasteiger charge is 2.14. The Morgan fingerprint density at radius 1 is 1.60 bits per heavy atom. The van der Waals surface area contributed by atoms with E-state index >= 15 is 0 Å². The van der Waals surface area contributed by atoms with E-state index in [1.54, 1.807) is 18.3 Å². The number of nitrogens with one attached hydrogen (secondary N) is 1. The Balaban J connectivity index is 2.36. The molecule has 0 radical (unpaired) electrons. The molecule has 0 bridgehead atoms. The highest BCUT2D eigenvalue weighted by molar-refractivity contribution is 7.07. The zero-order chi connectivity index (χ0) is 11.3. The third kappa shape index (κ3) is 4.01. The van der Waals surface area contributed by atoms with E-state index in [-0.39, 0.29) is 18.1 Å². The molecule has 2 atom stereocenters. The van der Waals surface area contributed by atoms with Gasteiger partial charge in [-0.2, -0.15) is 11.3 Å². The van der Waals surface area contributed by atoms with Gasteiger partial charge >= 0.3 is 0 Å². The molecule has 4 heteroatoms. The Bertz CT molecular complexity index is 298. The maximum absolute atomic E-state index is 11.5. The fourth-order valence-corrected chi connectivity index (χ4v) is 1.96. The van der Waals surface area contributed by atoms with E-state index in [0.29, 0.717) is 0 Å². The summed E-state index contributed by atoms with van der Waals surface area (Å²) in [5.74, 6) is -0.0553. The number of hydrogen-bond donors (Lipinski definition) is 1. The van der Waals surface area contributed by atoms with Crippen molar-refractivity contribution in [1.82, 2.24) is 5.32 Å². The zero-order valence-corrected chi connectivity index (χ0v) is 10.1. The van der Waals surface area contributed by atoms with Gasteiger partial charge in [0.05, 0.1) is 0 Å². The molecule has 0 aliphatic carbocycles. The fourth-order valence-electron chi connectivity index (χ4n) is 1.28. The standard InChI is InChI=1S/C11H17NO2S/c1-8(6-10-4-5-15-7-10)12-11(13)9(2)14-3/h4-5,7-9H,6H2,1-3H3,(H,12,13). The van der Waals surface area contributed by atoms with Gasteiger partial charge in [0.15, 0.2) is 0 Å². The first kappa shape index (κ1) is 12.2. The second-order valence-corrected chi connectivity index (χ2v) is 4.40. The molecular weight excluding hydrogens is 210 g/mol. The predicted octanol–water partition coefficient (Wildman–Crippen LogP) is 1.83. The van der Waals surface area contributed by atoms with Crippen molar-refractivity contribution < 1.29 is 9.53 Å². The van der Waals surface area contributed by atoms with E-state index in [4.69, 9.17) is 4.74 Å². The first-order valence-corrected chi connectivity index (χ1v) is 5.92. The van der Waals surface area contributed by atoms with Crippen LogP contribution in [0.5, 0.6) is 0 Å². The minimum atomic E-state index is -0.380. The van der Waals surface area contributed by atoms with E-state index in [1.807, 2.05) is 12.3 Å². The van der Waals surface area contributed by atoms with Crippen LogP contribution in [0.15, 0.2) is 16.8 Å². The highest BCUT2D eigenvalue weighted by atomic mass is 32.1. The first-order valence-electron chi connectivity index (χ1n) is 4.97. The number of carbonyl (C=O) groups is 1. The van der Waals surface area contributed by atoms with Crippen LogP contribution in [-0.2, 0) is 16.0 Å². The fraction of sp³-hybridized carbons (Fsp3) is 0.545. The first-order chi connectivity index (χ1) is 7.13. The summed E-state index contributed by atoms with van der Waals surface area (Å²) < 4.78 is 4.94. The smallest absolute Gasteiger partial charge is 0.249 e. The molecule has 84 valence electrons. The van der Waals surface area contributed by atoms with Crippen molar-refractivity contribution in [1.29, 1.82) is 0 Å². The number of ether oxygens (including phenoxy) is 1. The highest BCUT2D eigenvalue weighted by Crippen LogP contribution is 2.08. The molecule has 2 unspecified atom stereocenters. The number of hydrogen-bond acceptors (Lipinski definition) is 3. The second-order valence-electron chi connectivity index (χ2n) is 3.62. The van der Waals surface area contributed by atoms with Gasteiger partial charge in [0.1, 0.15) is 6.10 Å². The van der Waals surface area contributed by atoms with Gasteiger partial charge in [0, 0.05) is 13.2 Å². The summed E-state index contributed by atoms with van der Waals surface area (Å²) >= 11 is 1.67. The van der Waals surface area contributed by atoms with Crippen molar-refractivity contribution in [3.8, 4) is 0 Å². The molecule has 0 aliphatic heterocycles. The molecule has 0 saturated carbocycles. The summed E-state index contributed by atoms with van der Waals surface area (Å²) in [5.41, 5.74) is 1.26. The third-order valence-electron chi connectivity index (χ3n) is 2.23. The van der Waals surface area contributed by atoms with E-state index in [0.717, 1.165) is 6.42 Å². The van der Waals surface area contributed by atoms with Crippen LogP contribution in [0, 0.1) is 0 Å². The minimum absolute atomic E-state index is 0.0553. The SMILES string of the molecule is COC(C)C(=O)NC(C)Cc1ccsc1. The van der Waals surface area contributed by atoms with Gasteiger partial charge in [0.2, 0.25) is 5.91 Å². The van der Waals surface area contributed by atoms with E-state index < -0.39 is 0 Å². The van der Waals surface area contributed by atoms with E-state index in [9.17, 15) is 4.79 Å². The largest absolute Gasteiger partial charge is 0.372 e. The molecule has 0 aromatic carbocycles. The van der Waals surface area contributed by atoms with Gasteiger partial charge in [-0.15, -0.1) is 0 Å². The molecule has 1 heterocycles. The molecule has 0 aliphatic rings. The molecule has 0 spiro atoms. The van der Waals surface area contributed by atoms with Crippen molar-refractivity contribution in [3.05, 3.63) is 22.4 Å². The van der Waals surface area contributed by atoms with Crippen molar-refractivity contribution in [2.75, 3.05) is 7.11 Å². The number of amides is 1. The molecule has 1 aromatic heterocycles. The maximum atomic E-state index is 11.5. The number of methoxy groups -OCH3 is 1. The van der Waals surface area contributed by atoms with Crippen LogP contribution in [0.1, 0.15) is 19.4 Å². The Labute approximate surface area is 94.5 Å². The van der Waals surface area contributed by atoms with Crippen LogP contribution >= 0.6 is 11.3 Å². The molecule has 1 rings (SSSR count). The number of thiophene rings is 1. The van der Waals surface area contributed by atoms with E-state index in [2.05, 4.69) is 16.8 Å². The number of rotatable bonds is 5. The molecule has 15 heavy (non-hydrogen) atoms. The lowest BCUT2D eigenvalue weighted by atomic mass is 10.1. The predicted molar refractivity (Wildman–Crippen MR) is 62.1 cm³/mol. The zero-order valence-electron chi connectivity index (χ0n) is 9.32. The van der Waals surface area contributed by atoms with Gasteiger partial charge in [-0.3, -0.25) is 4.79 Å². The second kappa shape index (κ2) is 5.88. The summed E-state index contributed by atoms with van der Waals surface area (Å²) in [4.78, 5) is 11.5. The summed E-state index contributed by atoms with van der Waals surface area (Å²) in [6.07, 6.45) is 0.487. The van der Waals surface area contributed by atoms with Crippen molar-refractivity contribution in [3.63, 3.8) is 0 Å². The molecule has 0 saturated heterocycles. The lowest BCUT2D eigenvalue weighted by molar-refractivity contribution is -0.130. The van der Waals surface area contributed by atoms with Crippen LogP contribution in [0.3, 0.4) is 0 Å². The molecule has 0 fully saturated rings. The van der Waals surface area contributed by atoms with Gasteiger partial charge < -0.3 is 10.1 Å². The summed E-state index contributed by atoms with van der Waals surface area (Å²) in [7, 11) is 1.54. The van der Waals surface area contributed by atoms with Crippen LogP contribution in [0.2, 0.25) is 0 Å². The van der Waals surface area contributed by atoms with Crippen LogP contribution in [0.25, 0.3) is 0 Å². The average molecular weight is 227 g/mol. The van der Waals surface area contributed by atoms with Crippen LogP contribution in [0.4, 0.5) is 0 Å². The maximum Gasteiger partial charge on any atom is 0.249 e. The van der Waals surface area contributed by atoms with Gasteiger partial charge in [-0.05, 0) is 42.7 Å². The summed E-state index contributed by atoms with van der Waals surface area (Å²) in [6, 6.07) is 2.22. The topological polar surface area (TPSA) is 38.3 Å². The molecule has 3 nitrogen and oxygen atoms in total. The number of carbonyl (C=O) groups excluding carboxylic acids is 1. The van der Waals surface area contributed by atoms with Gasteiger partial charge in [0.25, 0.3) is 0 Å². The minimum Gasteiger partial charge on any atom is -0.372 e. The van der Waals surface area contributed by atoms with Crippen LogP contribution in [-0.4, -0.2) is 25.2 Å². The molecular formula is C11H17NO2S. The average Bonchev–Trinajstić information content (AvgIpc) is 2.68. The summed E-state index contributed by atoms with van der Waals surface area (Å²) in [6.45, 7) is 3.74. The monoisotopic (exact) mass is 227 g/mol. The molecule has 1 N–H and O–H groups in total. The lowest BCUT2D eigenvalue weighted by Crippen LogP contribution is -2.40. The van der Waals surface area contributed by atoms with Gasteiger partial charge in [-0.25, -0.2) is 0 Å². The normalized spacial score (nSPS) is 14.6. The Kier molecular flexibility index (Phi) is 4.78. The Hall–Kier alpha value is -0.870. The van der Waals surface area contributed by atoms with Crippen molar-refractivity contribution >= 4 is 17.2 Å². The molecule has 1 amide bonds. The van der Waals surface area contributed by atoms with E-state index in [1.165, 1.54) is 12.7 Å². The summed E-state index contributed by atoms with van der Waals surface area (Å²) in [5, 5.41) is 7.05. The Morgan fingerprint density at radius 3 is 2.87 bits per heavy atom.